The lowest BCUT2D eigenvalue weighted by atomic mass is 9.83. The first-order valence-corrected chi connectivity index (χ1v) is 9.89. The molecule has 2 aromatic rings. The number of amides is 1. The highest BCUT2D eigenvalue weighted by molar-refractivity contribution is 5.96. The number of carbonyl (C=O) groups excluding carboxylic acids is 2. The van der Waals surface area contributed by atoms with E-state index in [0.29, 0.717) is 16.8 Å². The molecule has 1 atom stereocenters. The summed E-state index contributed by atoms with van der Waals surface area (Å²) in [4.78, 5) is 27.3. The minimum Gasteiger partial charge on any atom is -0.460 e. The van der Waals surface area contributed by atoms with Crippen molar-refractivity contribution in [3.05, 3.63) is 82.1 Å². The molecule has 1 unspecified atom stereocenters. The molecule has 1 heterocycles. The Balaban J connectivity index is 2.04. The van der Waals surface area contributed by atoms with Crippen LogP contribution in [0.25, 0.3) is 0 Å². The van der Waals surface area contributed by atoms with Crippen LogP contribution in [-0.2, 0) is 20.9 Å². The summed E-state index contributed by atoms with van der Waals surface area (Å²) in [6, 6.07) is 10.8. The summed E-state index contributed by atoms with van der Waals surface area (Å²) in [5.41, 5.74) is 3.06. The smallest absolute Gasteiger partial charge is 0.336 e. The number of allylic oxidation sites excluding steroid dienone is 1. The summed E-state index contributed by atoms with van der Waals surface area (Å²) in [6.07, 6.45) is -0.249. The zero-order valence-electron chi connectivity index (χ0n) is 17.5. The summed E-state index contributed by atoms with van der Waals surface area (Å²) >= 11 is 0. The van der Waals surface area contributed by atoms with Gasteiger partial charge in [-0.15, -0.1) is 0 Å². The van der Waals surface area contributed by atoms with Crippen molar-refractivity contribution in [2.24, 2.45) is 0 Å². The molecule has 0 N–H and O–H groups in total. The molecule has 0 aliphatic carbocycles. The molecule has 6 heteroatoms. The van der Waals surface area contributed by atoms with E-state index in [0.717, 1.165) is 17.2 Å². The molecule has 0 bridgehead atoms. The Kier molecular flexibility index (Phi) is 6.34. The van der Waals surface area contributed by atoms with Crippen molar-refractivity contribution < 1.29 is 23.1 Å². The highest BCUT2D eigenvalue weighted by Gasteiger charge is 2.37. The number of esters is 1. The third-order valence-corrected chi connectivity index (χ3v) is 5.13. The molecule has 158 valence electrons. The van der Waals surface area contributed by atoms with Crippen LogP contribution in [0, 0.1) is 18.6 Å². The maximum absolute atomic E-state index is 13.6. The maximum Gasteiger partial charge on any atom is 0.336 e. The fraction of sp³-hybridized carbons (Fsp3) is 0.333. The summed E-state index contributed by atoms with van der Waals surface area (Å²) in [5, 5.41) is 0. The Morgan fingerprint density at radius 2 is 1.70 bits per heavy atom. The minimum absolute atomic E-state index is 0.0293. The molecule has 30 heavy (non-hydrogen) atoms. The average Bonchev–Trinajstić information content (AvgIpc) is 2.64. The monoisotopic (exact) mass is 413 g/mol. The number of nitrogens with zero attached hydrogens (tertiary/aromatic N) is 1. The molecule has 0 radical (unpaired) electrons. The predicted molar refractivity (Wildman–Crippen MR) is 109 cm³/mol. The number of carbonyl (C=O) groups is 2. The first-order valence-electron chi connectivity index (χ1n) is 9.89. The molecule has 0 spiro atoms. The van der Waals surface area contributed by atoms with Gasteiger partial charge in [0.15, 0.2) is 0 Å². The molecule has 0 fully saturated rings. The van der Waals surface area contributed by atoms with Gasteiger partial charge < -0.3 is 9.64 Å². The summed E-state index contributed by atoms with van der Waals surface area (Å²) in [5.74, 6) is -2.58. The zero-order valence-corrected chi connectivity index (χ0v) is 17.5. The number of benzene rings is 2. The van der Waals surface area contributed by atoms with Crippen LogP contribution in [0.2, 0.25) is 0 Å². The molecular weight excluding hydrogens is 388 g/mol. The van der Waals surface area contributed by atoms with Crippen molar-refractivity contribution in [2.45, 2.75) is 52.7 Å². The van der Waals surface area contributed by atoms with Gasteiger partial charge in [-0.1, -0.05) is 29.8 Å². The quantitative estimate of drug-likeness (QED) is 0.647. The van der Waals surface area contributed by atoms with E-state index in [2.05, 4.69) is 0 Å². The van der Waals surface area contributed by atoms with Gasteiger partial charge in [-0.25, -0.2) is 13.6 Å². The van der Waals surface area contributed by atoms with Crippen LogP contribution in [0.1, 0.15) is 49.8 Å². The van der Waals surface area contributed by atoms with Crippen molar-refractivity contribution >= 4 is 11.9 Å². The highest BCUT2D eigenvalue weighted by Crippen LogP contribution is 2.38. The molecule has 0 saturated carbocycles. The van der Waals surface area contributed by atoms with E-state index in [1.165, 1.54) is 17.0 Å². The van der Waals surface area contributed by atoms with Gasteiger partial charge in [0.1, 0.15) is 11.6 Å². The van der Waals surface area contributed by atoms with Gasteiger partial charge in [-0.3, -0.25) is 4.79 Å². The van der Waals surface area contributed by atoms with Crippen LogP contribution in [-0.4, -0.2) is 22.9 Å². The molecule has 1 aliphatic rings. The Hall–Kier alpha value is -3.02. The lowest BCUT2D eigenvalue weighted by molar-refractivity contribution is -0.143. The number of halogens is 2. The highest BCUT2D eigenvalue weighted by atomic mass is 19.1. The van der Waals surface area contributed by atoms with Crippen LogP contribution in [0.15, 0.2) is 53.7 Å². The number of hydrogen-bond donors (Lipinski definition) is 0. The van der Waals surface area contributed by atoms with E-state index >= 15 is 0 Å². The number of hydrogen-bond acceptors (Lipinski definition) is 3. The van der Waals surface area contributed by atoms with E-state index in [4.69, 9.17) is 4.74 Å². The standard InChI is InChI=1S/C24H25F2NO3/c1-14(2)30-24(29)23-16(4)27(13-17-9-19(25)11-20(26)10-17)22(28)12-21(23)18-7-5-15(3)6-8-18/h5-11,14,21H,12-13H2,1-4H3. The van der Waals surface area contributed by atoms with Gasteiger partial charge in [0.25, 0.3) is 0 Å². The van der Waals surface area contributed by atoms with Gasteiger partial charge in [-0.05, 0) is 51.0 Å². The first-order chi connectivity index (χ1) is 14.2. The third kappa shape index (κ3) is 4.75. The minimum atomic E-state index is -0.715. The Morgan fingerprint density at radius 1 is 1.10 bits per heavy atom. The fourth-order valence-electron chi connectivity index (χ4n) is 3.71. The van der Waals surface area contributed by atoms with Gasteiger partial charge in [0.2, 0.25) is 5.91 Å². The number of ether oxygens (including phenoxy) is 1. The van der Waals surface area contributed by atoms with Gasteiger partial charge in [-0.2, -0.15) is 0 Å². The van der Waals surface area contributed by atoms with Crippen molar-refractivity contribution in [2.75, 3.05) is 0 Å². The third-order valence-electron chi connectivity index (χ3n) is 5.13. The van der Waals surface area contributed by atoms with Crippen molar-refractivity contribution in [3.63, 3.8) is 0 Å². The van der Waals surface area contributed by atoms with E-state index in [-0.39, 0.29) is 25.0 Å². The van der Waals surface area contributed by atoms with E-state index in [1.807, 2.05) is 31.2 Å². The van der Waals surface area contributed by atoms with Crippen molar-refractivity contribution in [1.82, 2.24) is 4.90 Å². The van der Waals surface area contributed by atoms with Crippen LogP contribution >= 0.6 is 0 Å². The average molecular weight is 413 g/mol. The van der Waals surface area contributed by atoms with Crippen molar-refractivity contribution in [3.8, 4) is 0 Å². The second kappa shape index (κ2) is 8.78. The summed E-state index contributed by atoms with van der Waals surface area (Å²) < 4.78 is 32.7. The molecule has 1 aliphatic heterocycles. The van der Waals surface area contributed by atoms with Crippen LogP contribution in [0.5, 0.6) is 0 Å². The first kappa shape index (κ1) is 21.7. The second-order valence-electron chi connectivity index (χ2n) is 7.88. The van der Waals surface area contributed by atoms with Crippen LogP contribution in [0.3, 0.4) is 0 Å². The SMILES string of the molecule is CC1=C(C(=O)OC(C)C)C(c2ccc(C)cc2)CC(=O)N1Cc1cc(F)cc(F)c1. The Bertz CT molecular complexity index is 976. The predicted octanol–water partition coefficient (Wildman–Crippen LogP) is 5.01. The molecule has 4 nitrogen and oxygen atoms in total. The van der Waals surface area contributed by atoms with Gasteiger partial charge >= 0.3 is 5.97 Å². The molecule has 0 saturated heterocycles. The van der Waals surface area contributed by atoms with Crippen LogP contribution in [0.4, 0.5) is 8.78 Å². The Labute approximate surface area is 175 Å². The number of rotatable bonds is 5. The summed E-state index contributed by atoms with van der Waals surface area (Å²) in [6.45, 7) is 7.12. The molecule has 0 aromatic heterocycles. The molecule has 3 rings (SSSR count). The van der Waals surface area contributed by atoms with E-state index in [1.54, 1.807) is 20.8 Å². The molecular formula is C24H25F2NO3. The van der Waals surface area contributed by atoms with Crippen LogP contribution < -0.4 is 0 Å². The lowest BCUT2D eigenvalue weighted by Crippen LogP contribution is -2.38. The van der Waals surface area contributed by atoms with E-state index < -0.39 is 23.5 Å². The summed E-state index contributed by atoms with van der Waals surface area (Å²) in [7, 11) is 0. The lowest BCUT2D eigenvalue weighted by Gasteiger charge is -2.35. The second-order valence-corrected chi connectivity index (χ2v) is 7.88. The number of aryl methyl sites for hydroxylation is 1. The normalized spacial score (nSPS) is 17.0. The van der Waals surface area contributed by atoms with E-state index in [9.17, 15) is 18.4 Å². The maximum atomic E-state index is 13.6. The Morgan fingerprint density at radius 3 is 2.27 bits per heavy atom. The molecule has 2 aromatic carbocycles. The van der Waals surface area contributed by atoms with Gasteiger partial charge in [0, 0.05) is 24.1 Å². The fourth-order valence-corrected chi connectivity index (χ4v) is 3.71. The van der Waals surface area contributed by atoms with Crippen molar-refractivity contribution in [1.29, 1.82) is 0 Å². The molecule has 1 amide bonds. The van der Waals surface area contributed by atoms with Gasteiger partial charge in [0.05, 0.1) is 18.2 Å². The zero-order chi connectivity index (χ0) is 22.0. The largest absolute Gasteiger partial charge is 0.460 e. The topological polar surface area (TPSA) is 46.6 Å².